The van der Waals surface area contributed by atoms with E-state index in [1.807, 2.05) is 32.0 Å². The molecule has 0 aliphatic heterocycles. The Morgan fingerprint density at radius 3 is 3.00 bits per heavy atom. The molecule has 0 aliphatic carbocycles. The fourth-order valence-electron chi connectivity index (χ4n) is 1.64. The predicted octanol–water partition coefficient (Wildman–Crippen LogP) is 1.08. The van der Waals surface area contributed by atoms with Crippen molar-refractivity contribution in [2.75, 3.05) is 6.54 Å². The zero-order valence-electron chi connectivity index (χ0n) is 10.5. The number of nitrogens with one attached hydrogen (secondary N) is 1. The Labute approximate surface area is 105 Å². The Morgan fingerprint density at radius 2 is 2.28 bits per heavy atom. The van der Waals surface area contributed by atoms with Gasteiger partial charge >= 0.3 is 0 Å². The number of aliphatic hydroxyl groups excluding tert-OH is 1. The highest BCUT2D eigenvalue weighted by Gasteiger charge is 2.15. The zero-order chi connectivity index (χ0) is 13.1. The molecule has 2 N–H and O–H groups in total. The third kappa shape index (κ3) is 2.51. The quantitative estimate of drug-likeness (QED) is 0.849. The summed E-state index contributed by atoms with van der Waals surface area (Å²) in [5, 5.41) is 16.5. The van der Waals surface area contributed by atoms with E-state index in [0.717, 1.165) is 5.52 Å². The lowest BCUT2D eigenvalue weighted by molar-refractivity contribution is 0.0873. The number of hydrogen-bond donors (Lipinski definition) is 2. The number of aliphatic hydroxyl groups is 1. The van der Waals surface area contributed by atoms with Crippen LogP contribution in [0.2, 0.25) is 0 Å². The second kappa shape index (κ2) is 5.18. The van der Waals surface area contributed by atoms with Gasteiger partial charge in [-0.05, 0) is 18.1 Å². The second-order valence-corrected chi connectivity index (χ2v) is 4.61. The number of nitrogens with zero attached hydrogens (tertiary/aromatic N) is 2. The molecule has 2 heterocycles. The molecule has 2 rings (SSSR count). The summed E-state index contributed by atoms with van der Waals surface area (Å²) in [5.41, 5.74) is 1.28. The lowest BCUT2D eigenvalue weighted by Crippen LogP contribution is -2.34. The topological polar surface area (TPSA) is 66.6 Å². The predicted molar refractivity (Wildman–Crippen MR) is 68.4 cm³/mol. The van der Waals surface area contributed by atoms with Gasteiger partial charge in [0.1, 0.15) is 0 Å². The molecule has 96 valence electrons. The Balaban J connectivity index is 2.10. The molecule has 0 radical (unpaired) electrons. The molecule has 1 unspecified atom stereocenters. The average Bonchev–Trinajstić information content (AvgIpc) is 2.79. The molecular formula is C13H17N3O2. The van der Waals surface area contributed by atoms with Gasteiger partial charge in [-0.15, -0.1) is 0 Å². The highest BCUT2D eigenvalue weighted by molar-refractivity contribution is 6.00. The molecule has 2 aromatic heterocycles. The second-order valence-electron chi connectivity index (χ2n) is 4.61. The lowest BCUT2D eigenvalue weighted by Gasteiger charge is -2.14. The van der Waals surface area contributed by atoms with Crippen molar-refractivity contribution in [2.24, 2.45) is 5.92 Å². The van der Waals surface area contributed by atoms with E-state index in [1.165, 1.54) is 6.20 Å². The number of rotatable bonds is 4. The van der Waals surface area contributed by atoms with Crippen LogP contribution in [-0.4, -0.2) is 33.3 Å². The highest BCUT2D eigenvalue weighted by atomic mass is 16.3. The molecule has 2 aromatic rings. The van der Waals surface area contributed by atoms with Gasteiger partial charge in [-0.2, -0.15) is 5.10 Å². The molecule has 18 heavy (non-hydrogen) atoms. The van der Waals surface area contributed by atoms with Crippen LogP contribution in [-0.2, 0) is 0 Å². The fourth-order valence-corrected chi connectivity index (χ4v) is 1.64. The SMILES string of the molecule is CC(C)C(O)CNC(=O)c1cnn2ccccc12. The molecule has 0 aliphatic rings. The van der Waals surface area contributed by atoms with E-state index in [2.05, 4.69) is 10.4 Å². The van der Waals surface area contributed by atoms with E-state index in [9.17, 15) is 9.90 Å². The third-order valence-corrected chi connectivity index (χ3v) is 2.91. The van der Waals surface area contributed by atoms with Crippen molar-refractivity contribution in [3.8, 4) is 0 Å². The van der Waals surface area contributed by atoms with Crippen LogP contribution in [0, 0.1) is 5.92 Å². The first-order chi connectivity index (χ1) is 8.59. The van der Waals surface area contributed by atoms with E-state index in [1.54, 1.807) is 10.7 Å². The van der Waals surface area contributed by atoms with Crippen LogP contribution in [0.4, 0.5) is 0 Å². The number of aromatic nitrogens is 2. The van der Waals surface area contributed by atoms with E-state index >= 15 is 0 Å². The van der Waals surface area contributed by atoms with Crippen LogP contribution in [0.15, 0.2) is 30.6 Å². The number of pyridine rings is 1. The molecule has 1 atom stereocenters. The molecule has 0 spiro atoms. The third-order valence-electron chi connectivity index (χ3n) is 2.91. The molecule has 0 saturated heterocycles. The molecular weight excluding hydrogens is 230 g/mol. The standard InChI is InChI=1S/C13H17N3O2/c1-9(2)12(17)8-14-13(18)10-7-15-16-6-4-3-5-11(10)16/h3-7,9,12,17H,8H2,1-2H3,(H,14,18). The van der Waals surface area contributed by atoms with Gasteiger partial charge in [0.15, 0.2) is 0 Å². The number of amides is 1. The maximum absolute atomic E-state index is 12.0. The maximum atomic E-state index is 12.0. The van der Waals surface area contributed by atoms with Gasteiger partial charge in [-0.25, -0.2) is 4.52 Å². The zero-order valence-corrected chi connectivity index (χ0v) is 10.5. The van der Waals surface area contributed by atoms with Crippen LogP contribution in [0.3, 0.4) is 0 Å². The van der Waals surface area contributed by atoms with Crippen molar-refractivity contribution < 1.29 is 9.90 Å². The Hall–Kier alpha value is -1.88. The van der Waals surface area contributed by atoms with Crippen molar-refractivity contribution in [1.29, 1.82) is 0 Å². The van der Waals surface area contributed by atoms with E-state index < -0.39 is 6.10 Å². The largest absolute Gasteiger partial charge is 0.391 e. The molecule has 0 bridgehead atoms. The van der Waals surface area contributed by atoms with E-state index in [-0.39, 0.29) is 18.4 Å². The lowest BCUT2D eigenvalue weighted by atomic mass is 10.1. The van der Waals surface area contributed by atoms with Gasteiger partial charge in [0.2, 0.25) is 0 Å². The Morgan fingerprint density at radius 1 is 1.50 bits per heavy atom. The van der Waals surface area contributed by atoms with Gasteiger partial charge < -0.3 is 10.4 Å². The number of fused-ring (bicyclic) bond motifs is 1. The summed E-state index contributed by atoms with van der Waals surface area (Å²) in [6.45, 7) is 4.07. The Bertz CT molecular complexity index is 548. The maximum Gasteiger partial charge on any atom is 0.255 e. The minimum absolute atomic E-state index is 0.120. The normalized spacial score (nSPS) is 12.9. The molecule has 5 nitrogen and oxygen atoms in total. The monoisotopic (exact) mass is 247 g/mol. The van der Waals surface area contributed by atoms with Crippen molar-refractivity contribution in [1.82, 2.24) is 14.9 Å². The van der Waals surface area contributed by atoms with Crippen LogP contribution in [0.25, 0.3) is 5.52 Å². The number of carbonyl (C=O) groups is 1. The number of carbonyl (C=O) groups excluding carboxylic acids is 1. The van der Waals surface area contributed by atoms with Crippen molar-refractivity contribution in [3.63, 3.8) is 0 Å². The summed E-state index contributed by atoms with van der Waals surface area (Å²) in [5.74, 6) is -0.0925. The highest BCUT2D eigenvalue weighted by Crippen LogP contribution is 2.09. The van der Waals surface area contributed by atoms with Gasteiger partial charge in [-0.1, -0.05) is 19.9 Å². The van der Waals surface area contributed by atoms with Gasteiger partial charge in [0, 0.05) is 12.7 Å². The number of hydrogen-bond acceptors (Lipinski definition) is 3. The smallest absolute Gasteiger partial charge is 0.255 e. The summed E-state index contributed by atoms with van der Waals surface area (Å²) in [4.78, 5) is 12.0. The first-order valence-corrected chi connectivity index (χ1v) is 5.98. The minimum Gasteiger partial charge on any atom is -0.391 e. The average molecular weight is 247 g/mol. The van der Waals surface area contributed by atoms with Crippen LogP contribution in [0.5, 0.6) is 0 Å². The fraction of sp³-hybridized carbons (Fsp3) is 0.385. The van der Waals surface area contributed by atoms with Gasteiger partial charge in [0.05, 0.1) is 23.4 Å². The van der Waals surface area contributed by atoms with E-state index in [0.29, 0.717) is 5.56 Å². The molecule has 0 saturated carbocycles. The molecule has 0 fully saturated rings. The van der Waals surface area contributed by atoms with Crippen LogP contribution in [0.1, 0.15) is 24.2 Å². The Kier molecular flexibility index (Phi) is 3.62. The summed E-state index contributed by atoms with van der Waals surface area (Å²) in [6, 6.07) is 5.54. The van der Waals surface area contributed by atoms with Crippen molar-refractivity contribution in [2.45, 2.75) is 20.0 Å². The molecule has 0 aromatic carbocycles. The van der Waals surface area contributed by atoms with Crippen LogP contribution < -0.4 is 5.32 Å². The summed E-state index contributed by atoms with van der Waals surface area (Å²) in [7, 11) is 0. The van der Waals surface area contributed by atoms with E-state index in [4.69, 9.17) is 0 Å². The van der Waals surface area contributed by atoms with Crippen molar-refractivity contribution >= 4 is 11.4 Å². The molecule has 5 heteroatoms. The summed E-state index contributed by atoms with van der Waals surface area (Å²) < 4.78 is 1.65. The van der Waals surface area contributed by atoms with Gasteiger partial charge in [0.25, 0.3) is 5.91 Å². The summed E-state index contributed by atoms with van der Waals surface area (Å²) in [6.07, 6.45) is 2.79. The van der Waals surface area contributed by atoms with Gasteiger partial charge in [-0.3, -0.25) is 4.79 Å². The molecule has 1 amide bonds. The minimum atomic E-state index is -0.532. The van der Waals surface area contributed by atoms with Crippen LogP contribution >= 0.6 is 0 Å². The first kappa shape index (κ1) is 12.6. The summed E-state index contributed by atoms with van der Waals surface area (Å²) >= 11 is 0. The van der Waals surface area contributed by atoms with Crippen molar-refractivity contribution in [3.05, 3.63) is 36.2 Å². The first-order valence-electron chi connectivity index (χ1n) is 5.98.